The van der Waals surface area contributed by atoms with E-state index in [1.54, 1.807) is 12.3 Å². The summed E-state index contributed by atoms with van der Waals surface area (Å²) in [7, 11) is 0. The van der Waals surface area contributed by atoms with Gasteiger partial charge < -0.3 is 15.2 Å². The normalized spacial score (nSPS) is 12.4. The van der Waals surface area contributed by atoms with Gasteiger partial charge in [0.2, 0.25) is 0 Å². The molecule has 1 unspecified atom stereocenters. The molecule has 0 bridgehead atoms. The number of hydrogen-bond acceptors (Lipinski definition) is 5. The molecule has 1 atom stereocenters. The van der Waals surface area contributed by atoms with Crippen molar-refractivity contribution in [2.24, 2.45) is 0 Å². The van der Waals surface area contributed by atoms with Crippen LogP contribution in [0.15, 0.2) is 164 Å². The summed E-state index contributed by atoms with van der Waals surface area (Å²) in [5.74, 6) is 0. The van der Waals surface area contributed by atoms with Crippen molar-refractivity contribution in [2.45, 2.75) is 10.8 Å². The summed E-state index contributed by atoms with van der Waals surface area (Å²) in [5, 5.41) is 30.1. The van der Waals surface area contributed by atoms with Crippen LogP contribution in [0.4, 0.5) is 17.1 Å². The Kier molecular flexibility index (Phi) is 10.7. The topological polar surface area (TPSA) is 89.5 Å². The molecule has 6 aromatic rings. The number of nitrogens with zero attached hydrogens (tertiary/aromatic N) is 4. The average Bonchev–Trinajstić information content (AvgIpc) is 3.49. The summed E-state index contributed by atoms with van der Waals surface area (Å²) in [6.07, 6.45) is 15.4. The first-order valence-electron chi connectivity index (χ1n) is 16.0. The zero-order chi connectivity index (χ0) is 34.9. The lowest BCUT2D eigenvalue weighted by Gasteiger charge is -2.22. The van der Waals surface area contributed by atoms with Crippen LogP contribution in [-0.4, -0.2) is 13.5 Å². The Bertz CT molecular complexity index is 2350. The number of pyridine rings is 1. The Morgan fingerprint density at radius 2 is 1.42 bits per heavy atom. The van der Waals surface area contributed by atoms with Gasteiger partial charge in [0.05, 0.1) is 20.6 Å². The molecule has 0 spiro atoms. The zero-order valence-corrected chi connectivity index (χ0v) is 29.5. The van der Waals surface area contributed by atoms with Gasteiger partial charge in [-0.15, -0.1) is 0 Å². The Labute approximate surface area is 305 Å². The van der Waals surface area contributed by atoms with Gasteiger partial charge >= 0.3 is 0 Å². The number of alkyl halides is 1. The molecule has 0 aliphatic heterocycles. The highest BCUT2D eigenvalue weighted by atomic mass is 127. The highest BCUT2D eigenvalue weighted by Crippen LogP contribution is 2.42. The maximum Gasteiger partial charge on any atom is 0.168 e. The van der Waals surface area contributed by atoms with Crippen LogP contribution < -0.4 is 10.6 Å². The summed E-state index contributed by atoms with van der Waals surface area (Å²) >= 11 is 2.39. The zero-order valence-electron chi connectivity index (χ0n) is 27.4. The molecule has 6 nitrogen and oxygen atoms in total. The third-order valence-corrected chi connectivity index (χ3v) is 9.61. The molecule has 0 saturated carbocycles. The average molecular weight is 761 g/mol. The van der Waals surface area contributed by atoms with Crippen LogP contribution in [0.2, 0.25) is 0 Å². The lowest BCUT2D eigenvalue weighted by Crippen LogP contribution is -2.11. The van der Waals surface area contributed by atoms with Crippen LogP contribution in [0.5, 0.6) is 0 Å². The van der Waals surface area contributed by atoms with Crippen molar-refractivity contribution in [3.05, 3.63) is 175 Å². The number of para-hydroxylation sites is 3. The van der Waals surface area contributed by atoms with E-state index in [0.717, 1.165) is 38.6 Å². The molecule has 0 aliphatic rings. The number of aromatic nitrogens is 2. The number of hydrogen-bond donors (Lipinski definition) is 2. The van der Waals surface area contributed by atoms with E-state index in [1.165, 1.54) is 5.57 Å². The van der Waals surface area contributed by atoms with Gasteiger partial charge in [0, 0.05) is 28.2 Å². The largest absolute Gasteiger partial charge is 0.358 e. The van der Waals surface area contributed by atoms with Crippen molar-refractivity contribution in [2.75, 3.05) is 10.6 Å². The Morgan fingerprint density at radius 3 is 2.10 bits per heavy atom. The van der Waals surface area contributed by atoms with E-state index in [2.05, 4.69) is 111 Å². The minimum absolute atomic E-state index is 0.0962. The lowest BCUT2D eigenvalue weighted by molar-refractivity contribution is 1.10. The minimum atomic E-state index is 0.0962. The molecule has 242 valence electrons. The number of fused-ring (bicyclic) bond motifs is 3. The molecule has 6 rings (SSSR count). The molecular formula is C43H33IN6. The fourth-order valence-electron chi connectivity index (χ4n) is 5.85. The predicted molar refractivity (Wildman–Crippen MR) is 216 cm³/mol. The van der Waals surface area contributed by atoms with Crippen LogP contribution in [0.25, 0.3) is 38.6 Å². The fourth-order valence-corrected chi connectivity index (χ4v) is 6.30. The monoisotopic (exact) mass is 760 g/mol. The van der Waals surface area contributed by atoms with E-state index in [4.69, 9.17) is 0 Å². The van der Waals surface area contributed by atoms with Gasteiger partial charge in [-0.1, -0.05) is 156 Å². The summed E-state index contributed by atoms with van der Waals surface area (Å²) in [5.41, 5.74) is 7.61. The van der Waals surface area contributed by atoms with Crippen molar-refractivity contribution in [3.63, 3.8) is 0 Å². The molecule has 0 fully saturated rings. The molecule has 7 heteroatoms. The van der Waals surface area contributed by atoms with Crippen LogP contribution >= 0.6 is 22.6 Å². The Hall–Kier alpha value is -6.16. The van der Waals surface area contributed by atoms with Crippen molar-refractivity contribution >= 4 is 61.5 Å². The molecule has 0 saturated heterocycles. The second kappa shape index (κ2) is 15.8. The third kappa shape index (κ3) is 7.00. The number of halogens is 1. The van der Waals surface area contributed by atoms with E-state index in [9.17, 15) is 10.5 Å². The maximum atomic E-state index is 10.6. The van der Waals surface area contributed by atoms with E-state index >= 15 is 0 Å². The first-order chi connectivity index (χ1) is 24.5. The van der Waals surface area contributed by atoms with E-state index in [1.807, 2.05) is 97.1 Å². The number of anilines is 3. The van der Waals surface area contributed by atoms with Crippen molar-refractivity contribution in [3.8, 4) is 29.0 Å². The third-order valence-electron chi connectivity index (χ3n) is 8.21. The van der Waals surface area contributed by atoms with Gasteiger partial charge in [0.1, 0.15) is 23.5 Å². The van der Waals surface area contributed by atoms with Gasteiger partial charge in [-0.3, -0.25) is 0 Å². The van der Waals surface area contributed by atoms with E-state index in [0.29, 0.717) is 17.1 Å². The minimum Gasteiger partial charge on any atom is -0.358 e. The molecule has 0 aliphatic carbocycles. The van der Waals surface area contributed by atoms with E-state index < -0.39 is 0 Å². The highest BCUT2D eigenvalue weighted by molar-refractivity contribution is 14.1. The van der Waals surface area contributed by atoms with Crippen molar-refractivity contribution in [1.82, 2.24) is 9.55 Å². The molecule has 2 heterocycles. The number of nitriles is 2. The summed E-state index contributed by atoms with van der Waals surface area (Å²) < 4.78 is 2.25. The SMILES string of the molecule is C=C/C=C\C=C(/C)C(I)/C=C\C=C/Nc1c(C#N)nc(C#N)c(-n2c3ccccc3c3ccccc32)c1Nc1ccccc1-c1ccccc1. The van der Waals surface area contributed by atoms with Gasteiger partial charge in [-0.2, -0.15) is 10.5 Å². The van der Waals surface area contributed by atoms with Gasteiger partial charge in [-0.05, 0) is 36.8 Å². The first-order valence-corrected chi connectivity index (χ1v) is 17.3. The second-order valence-electron chi connectivity index (χ2n) is 11.4. The molecule has 0 radical (unpaired) electrons. The van der Waals surface area contributed by atoms with Crippen LogP contribution in [-0.2, 0) is 0 Å². The lowest BCUT2D eigenvalue weighted by atomic mass is 10.0. The van der Waals surface area contributed by atoms with Crippen LogP contribution in [0.1, 0.15) is 18.3 Å². The summed E-state index contributed by atoms with van der Waals surface area (Å²) in [6.45, 7) is 5.80. The molecular weight excluding hydrogens is 727 g/mol. The number of rotatable bonds is 11. The van der Waals surface area contributed by atoms with Gasteiger partial charge in [-0.25, -0.2) is 4.98 Å². The molecule has 0 amide bonds. The number of nitrogens with one attached hydrogen (secondary N) is 2. The summed E-state index contributed by atoms with van der Waals surface area (Å²) in [4.78, 5) is 4.63. The Balaban J connectivity index is 1.55. The maximum absolute atomic E-state index is 10.6. The molecule has 50 heavy (non-hydrogen) atoms. The van der Waals surface area contributed by atoms with Crippen LogP contribution in [0, 0.1) is 22.7 Å². The molecule has 2 N–H and O–H groups in total. The van der Waals surface area contributed by atoms with Crippen molar-refractivity contribution < 1.29 is 0 Å². The van der Waals surface area contributed by atoms with Gasteiger partial charge in [0.15, 0.2) is 11.4 Å². The van der Waals surface area contributed by atoms with Crippen molar-refractivity contribution in [1.29, 1.82) is 10.5 Å². The molecule has 2 aromatic heterocycles. The first kappa shape index (κ1) is 33.7. The van der Waals surface area contributed by atoms with E-state index in [-0.39, 0.29) is 15.3 Å². The number of benzene rings is 4. The number of allylic oxidation sites excluding steroid dienone is 8. The van der Waals surface area contributed by atoms with Gasteiger partial charge in [0.25, 0.3) is 0 Å². The Morgan fingerprint density at radius 1 is 0.780 bits per heavy atom. The smallest absolute Gasteiger partial charge is 0.168 e. The second-order valence-corrected chi connectivity index (χ2v) is 12.7. The predicted octanol–water partition coefficient (Wildman–Crippen LogP) is 11.3. The highest BCUT2D eigenvalue weighted by Gasteiger charge is 2.25. The molecule has 4 aromatic carbocycles. The fraction of sp³-hybridized carbons (Fsp3) is 0.0465. The standard InChI is InChI=1S/C43H33IN6/c1-3-4-6-17-30(2)35(44)23-15-16-27-47-41-37(28-45)48-38(29-46)43(50-39-25-13-10-21-33(39)34-22-11-14-26-40(34)50)42(41)49-36-24-12-9-20-32(36)31-18-7-5-8-19-31/h3-27,35,47H,1H2,2H3,(H,48,49)/b6-4-,23-15-,27-16-,30-17+. The van der Waals surface area contributed by atoms with Crippen LogP contribution in [0.3, 0.4) is 0 Å². The summed E-state index contributed by atoms with van der Waals surface area (Å²) in [6, 6.07) is 38.9. The quantitative estimate of drug-likeness (QED) is 0.0780.